The minimum absolute atomic E-state index is 0.0817. The van der Waals surface area contributed by atoms with Crippen molar-refractivity contribution in [3.63, 3.8) is 0 Å². The van der Waals surface area contributed by atoms with Crippen LogP contribution in [0.2, 0.25) is 0 Å². The summed E-state index contributed by atoms with van der Waals surface area (Å²) in [6, 6.07) is 47.1. The molecule has 0 unspecified atom stereocenters. The summed E-state index contributed by atoms with van der Waals surface area (Å²) in [7, 11) is 0. The van der Waals surface area contributed by atoms with E-state index in [2.05, 4.69) is 156 Å². The molecule has 0 fully saturated rings. The van der Waals surface area contributed by atoms with E-state index in [-0.39, 0.29) is 5.41 Å². The highest BCUT2D eigenvalue weighted by Crippen LogP contribution is 2.45. The number of hydrogen-bond donors (Lipinski definition) is 0. The van der Waals surface area contributed by atoms with Crippen molar-refractivity contribution in [2.45, 2.75) is 40.0 Å². The number of aryl methyl sites for hydroxylation is 2. The molecule has 0 radical (unpaired) electrons. The van der Waals surface area contributed by atoms with E-state index < -0.39 is 0 Å². The fraction of sp³-hybridized carbons (Fsp3) is 0.133. The van der Waals surface area contributed by atoms with Crippen LogP contribution in [-0.4, -0.2) is 4.98 Å². The van der Waals surface area contributed by atoms with Crippen molar-refractivity contribution in [2.75, 3.05) is 0 Å². The van der Waals surface area contributed by atoms with Crippen LogP contribution >= 0.6 is 0 Å². The van der Waals surface area contributed by atoms with Gasteiger partial charge in [-0.15, -0.1) is 0 Å². The molecule has 0 saturated carbocycles. The molecule has 1 aromatic heterocycles. The fourth-order valence-corrected chi connectivity index (χ4v) is 7.14. The Morgan fingerprint density at radius 1 is 0.457 bits per heavy atom. The second-order valence-corrected chi connectivity index (χ2v) is 13.9. The van der Waals surface area contributed by atoms with Crippen LogP contribution in [0.4, 0.5) is 0 Å². The third-order valence-corrected chi connectivity index (χ3v) is 9.48. The van der Waals surface area contributed by atoms with Gasteiger partial charge in [-0.3, -0.25) is 4.98 Å². The van der Waals surface area contributed by atoms with Crippen molar-refractivity contribution in [1.82, 2.24) is 4.98 Å². The van der Waals surface area contributed by atoms with Crippen LogP contribution in [0, 0.1) is 13.8 Å². The first kappa shape index (κ1) is 28.2. The Kier molecular flexibility index (Phi) is 6.55. The third kappa shape index (κ3) is 4.84. The van der Waals surface area contributed by atoms with E-state index >= 15 is 0 Å². The average Bonchev–Trinajstić information content (AvgIpc) is 3.06. The molecule has 7 aromatic carbocycles. The first-order valence-corrected chi connectivity index (χ1v) is 16.2. The van der Waals surface area contributed by atoms with Crippen LogP contribution in [0.5, 0.6) is 0 Å². The maximum absolute atomic E-state index is 4.83. The molecular formula is C45H37N. The molecule has 0 atom stereocenters. The number of hydrogen-bond acceptors (Lipinski definition) is 1. The highest BCUT2D eigenvalue weighted by Gasteiger charge is 2.20. The van der Waals surface area contributed by atoms with E-state index in [9.17, 15) is 0 Å². The predicted molar refractivity (Wildman–Crippen MR) is 198 cm³/mol. The second kappa shape index (κ2) is 10.7. The number of pyridine rings is 1. The van der Waals surface area contributed by atoms with E-state index in [0.717, 1.165) is 16.8 Å². The molecule has 1 nitrogen and oxygen atoms in total. The predicted octanol–water partition coefficient (Wildman–Crippen LogP) is 12.6. The molecule has 0 spiro atoms. The molecule has 46 heavy (non-hydrogen) atoms. The van der Waals surface area contributed by atoms with Gasteiger partial charge in [0.2, 0.25) is 0 Å². The summed E-state index contributed by atoms with van der Waals surface area (Å²) in [5, 5.41) is 7.93. The lowest BCUT2D eigenvalue weighted by molar-refractivity contribution is 0.591. The van der Waals surface area contributed by atoms with Gasteiger partial charge >= 0.3 is 0 Å². The Bertz CT molecular complexity index is 2330. The van der Waals surface area contributed by atoms with E-state index in [1.807, 2.05) is 12.3 Å². The Hall–Kier alpha value is -5.27. The van der Waals surface area contributed by atoms with Crippen LogP contribution in [0.15, 0.2) is 134 Å². The van der Waals surface area contributed by atoms with E-state index in [1.165, 1.54) is 76.8 Å². The van der Waals surface area contributed by atoms with Gasteiger partial charge in [-0.25, -0.2) is 0 Å². The molecule has 0 aliphatic carbocycles. The first-order valence-electron chi connectivity index (χ1n) is 16.2. The number of aromatic nitrogens is 1. The number of benzene rings is 7. The van der Waals surface area contributed by atoms with Gasteiger partial charge in [0, 0.05) is 17.3 Å². The molecule has 8 aromatic rings. The summed E-state index contributed by atoms with van der Waals surface area (Å²) < 4.78 is 0. The highest BCUT2D eigenvalue weighted by molar-refractivity contribution is 6.28. The summed E-state index contributed by atoms with van der Waals surface area (Å²) in [4.78, 5) is 4.83. The normalized spacial score (nSPS) is 12.0. The quantitative estimate of drug-likeness (QED) is 0.186. The summed E-state index contributed by atoms with van der Waals surface area (Å²) in [6.07, 6.45) is 1.97. The van der Waals surface area contributed by atoms with Crippen LogP contribution in [0.3, 0.4) is 0 Å². The lowest BCUT2D eigenvalue weighted by atomic mass is 9.81. The second-order valence-electron chi connectivity index (χ2n) is 13.9. The average molecular weight is 592 g/mol. The smallest absolute Gasteiger partial charge is 0.0702 e. The summed E-state index contributed by atoms with van der Waals surface area (Å²) >= 11 is 0. The van der Waals surface area contributed by atoms with E-state index in [4.69, 9.17) is 4.98 Å². The zero-order chi connectivity index (χ0) is 31.6. The maximum atomic E-state index is 4.83. The summed E-state index contributed by atoms with van der Waals surface area (Å²) in [5.74, 6) is 0. The molecule has 0 saturated heterocycles. The van der Waals surface area contributed by atoms with Crippen molar-refractivity contribution in [1.29, 1.82) is 0 Å². The maximum Gasteiger partial charge on any atom is 0.0702 e. The molecule has 0 amide bonds. The Labute approximate surface area is 271 Å². The molecule has 0 bridgehead atoms. The summed E-state index contributed by atoms with van der Waals surface area (Å²) in [5.41, 5.74) is 13.4. The minimum atomic E-state index is 0.0817. The Morgan fingerprint density at radius 2 is 1.04 bits per heavy atom. The van der Waals surface area contributed by atoms with Crippen molar-refractivity contribution >= 4 is 32.3 Å². The number of rotatable bonds is 4. The molecule has 1 heteroatoms. The SMILES string of the molecule is Cc1cc(C)cc(-c2cc(-c3ccc(-c4ccc(-c5ccccc5)cn4)cc3)c3ccc4cc(C(C)(C)C)cc5ccc2c3c45)c1. The van der Waals surface area contributed by atoms with E-state index in [0.29, 0.717) is 0 Å². The molecule has 0 N–H and O–H groups in total. The third-order valence-electron chi connectivity index (χ3n) is 9.48. The lowest BCUT2D eigenvalue weighted by Gasteiger charge is -2.23. The zero-order valence-electron chi connectivity index (χ0n) is 27.1. The van der Waals surface area contributed by atoms with Crippen molar-refractivity contribution in [2.24, 2.45) is 0 Å². The van der Waals surface area contributed by atoms with Crippen LogP contribution in [0.1, 0.15) is 37.5 Å². The monoisotopic (exact) mass is 591 g/mol. The lowest BCUT2D eigenvalue weighted by Crippen LogP contribution is -2.10. The largest absolute Gasteiger partial charge is 0.256 e. The Morgan fingerprint density at radius 3 is 1.63 bits per heavy atom. The molecular weight excluding hydrogens is 555 g/mol. The van der Waals surface area contributed by atoms with Crippen molar-refractivity contribution in [3.05, 3.63) is 150 Å². The van der Waals surface area contributed by atoms with E-state index in [1.54, 1.807) is 0 Å². The minimum Gasteiger partial charge on any atom is -0.256 e. The Balaban J connectivity index is 1.31. The van der Waals surface area contributed by atoms with Gasteiger partial charge in [0.1, 0.15) is 0 Å². The fourth-order valence-electron chi connectivity index (χ4n) is 7.14. The number of nitrogens with zero attached hydrogens (tertiary/aromatic N) is 1. The van der Waals surface area contributed by atoms with Gasteiger partial charge in [-0.05, 0) is 97.1 Å². The van der Waals surface area contributed by atoms with Gasteiger partial charge in [0.05, 0.1) is 5.69 Å². The van der Waals surface area contributed by atoms with Crippen LogP contribution in [0.25, 0.3) is 77.0 Å². The molecule has 222 valence electrons. The topological polar surface area (TPSA) is 12.9 Å². The van der Waals surface area contributed by atoms with Gasteiger partial charge in [-0.2, -0.15) is 0 Å². The molecule has 0 aliphatic rings. The first-order chi connectivity index (χ1) is 22.2. The summed E-state index contributed by atoms with van der Waals surface area (Å²) in [6.45, 7) is 11.3. The van der Waals surface area contributed by atoms with Crippen molar-refractivity contribution in [3.8, 4) is 44.6 Å². The van der Waals surface area contributed by atoms with Gasteiger partial charge in [0.25, 0.3) is 0 Å². The van der Waals surface area contributed by atoms with Crippen molar-refractivity contribution < 1.29 is 0 Å². The molecule has 1 heterocycles. The van der Waals surface area contributed by atoms with Gasteiger partial charge in [0.15, 0.2) is 0 Å². The standard InChI is InChI=1S/C45H37N/c1-28-21-29(2)23-36(22-28)41-26-40(31-11-13-32(14-12-31)42-20-17-35(27-46-42)30-9-7-6-8-10-30)38-18-15-33-24-37(45(3,4)5)25-34-16-19-39(41)44(38)43(33)34/h6-27H,1-5H3. The van der Waals surface area contributed by atoms with Gasteiger partial charge in [-0.1, -0.05) is 147 Å². The highest BCUT2D eigenvalue weighted by atomic mass is 14.7. The van der Waals surface area contributed by atoms with Crippen LogP contribution in [-0.2, 0) is 5.41 Å². The van der Waals surface area contributed by atoms with Crippen LogP contribution < -0.4 is 0 Å². The molecule has 8 rings (SSSR count). The van der Waals surface area contributed by atoms with Gasteiger partial charge < -0.3 is 0 Å². The molecule has 0 aliphatic heterocycles. The zero-order valence-corrected chi connectivity index (χ0v) is 27.1.